The molecule has 280 valence electrons. The van der Waals surface area contributed by atoms with E-state index in [2.05, 4.69) is 10.6 Å². The quantitative estimate of drug-likeness (QED) is 0.321. The van der Waals surface area contributed by atoms with Crippen molar-refractivity contribution in [3.8, 4) is 23.0 Å². The van der Waals surface area contributed by atoms with Gasteiger partial charge in [-0.2, -0.15) is 0 Å². The topological polar surface area (TPSA) is 153 Å². The number of nitrogens with zero attached hydrogens (tertiary/aromatic N) is 2. The van der Waals surface area contributed by atoms with E-state index in [1.54, 1.807) is 42.5 Å². The van der Waals surface area contributed by atoms with Gasteiger partial charge in [0.15, 0.2) is 11.5 Å². The Morgan fingerprint density at radius 3 is 2.44 bits per heavy atom. The van der Waals surface area contributed by atoms with Gasteiger partial charge in [0.05, 0.1) is 31.9 Å². The van der Waals surface area contributed by atoms with Gasteiger partial charge in [-0.1, -0.05) is 26.0 Å². The Morgan fingerprint density at radius 1 is 0.981 bits per heavy atom. The zero-order valence-electron chi connectivity index (χ0n) is 29.9. The summed E-state index contributed by atoms with van der Waals surface area (Å²) in [5, 5.41) is 5.91. The van der Waals surface area contributed by atoms with E-state index in [-0.39, 0.29) is 60.7 Å². The van der Waals surface area contributed by atoms with E-state index in [4.69, 9.17) is 19.9 Å². The first-order valence-electron chi connectivity index (χ1n) is 17.2. The summed E-state index contributed by atoms with van der Waals surface area (Å²) in [6, 6.07) is 13.0. The largest absolute Gasteiger partial charge is 0.496 e. The van der Waals surface area contributed by atoms with Crippen molar-refractivity contribution < 1.29 is 37.8 Å². The number of hydrogen-bond donors (Lipinski definition) is 3. The minimum Gasteiger partial charge on any atom is -0.496 e. The number of nitrogens with one attached hydrogen (secondary N) is 2. The molecule has 0 radical (unpaired) electrons. The second-order valence-corrected chi connectivity index (χ2v) is 13.1. The number of halogens is 2. The summed E-state index contributed by atoms with van der Waals surface area (Å²) >= 11 is 0. The second-order valence-electron chi connectivity index (χ2n) is 13.1. The third-order valence-electron chi connectivity index (χ3n) is 9.36. The van der Waals surface area contributed by atoms with Gasteiger partial charge in [-0.15, -0.1) is 12.4 Å². The molecule has 3 aromatic rings. The van der Waals surface area contributed by atoms with Crippen LogP contribution in [-0.4, -0.2) is 85.9 Å². The smallest absolute Gasteiger partial charge is 0.257 e. The van der Waals surface area contributed by atoms with Crippen molar-refractivity contribution in [1.82, 2.24) is 20.4 Å². The number of amides is 4. The first-order chi connectivity index (χ1) is 24.5. The van der Waals surface area contributed by atoms with Crippen molar-refractivity contribution in [3.63, 3.8) is 0 Å². The fourth-order valence-electron chi connectivity index (χ4n) is 6.46. The summed E-state index contributed by atoms with van der Waals surface area (Å²) in [6.45, 7) is 4.28. The highest BCUT2D eigenvalue weighted by atomic mass is 35.5. The number of benzene rings is 3. The molecule has 2 bridgehead atoms. The molecule has 52 heavy (non-hydrogen) atoms. The summed E-state index contributed by atoms with van der Waals surface area (Å²) in [4.78, 5) is 57.8. The highest BCUT2D eigenvalue weighted by Crippen LogP contribution is 2.37. The number of carbonyl (C=O) groups excluding carboxylic acids is 4. The predicted octanol–water partition coefficient (Wildman–Crippen LogP) is 4.47. The van der Waals surface area contributed by atoms with Gasteiger partial charge in [0.25, 0.3) is 11.8 Å². The molecule has 0 unspecified atom stereocenters. The average Bonchev–Trinajstić information content (AvgIpc) is 3.62. The highest BCUT2D eigenvalue weighted by Gasteiger charge is 2.37. The van der Waals surface area contributed by atoms with E-state index in [9.17, 15) is 23.6 Å². The molecule has 1 fully saturated rings. The van der Waals surface area contributed by atoms with Gasteiger partial charge in [-0.3, -0.25) is 19.2 Å². The van der Waals surface area contributed by atoms with Crippen LogP contribution in [0.4, 0.5) is 4.39 Å². The number of aryl methyl sites for hydroxylation is 1. The zero-order valence-corrected chi connectivity index (χ0v) is 30.7. The van der Waals surface area contributed by atoms with E-state index in [0.29, 0.717) is 61.6 Å². The van der Waals surface area contributed by atoms with Gasteiger partial charge in [-0.25, -0.2) is 4.39 Å². The molecule has 12 nitrogen and oxygen atoms in total. The molecule has 4 N–H and O–H groups in total. The van der Waals surface area contributed by atoms with Gasteiger partial charge in [0.2, 0.25) is 11.8 Å². The third kappa shape index (κ3) is 9.12. The molecule has 0 spiro atoms. The van der Waals surface area contributed by atoms with Crippen molar-refractivity contribution in [3.05, 3.63) is 82.7 Å². The zero-order chi connectivity index (χ0) is 36.7. The summed E-state index contributed by atoms with van der Waals surface area (Å²) in [5.41, 5.74) is 7.52. The van der Waals surface area contributed by atoms with Crippen LogP contribution in [0.1, 0.15) is 65.0 Å². The minimum absolute atomic E-state index is 0. The van der Waals surface area contributed by atoms with Crippen LogP contribution >= 0.6 is 12.4 Å². The lowest BCUT2D eigenvalue weighted by Gasteiger charge is -2.32. The Kier molecular flexibility index (Phi) is 13.9. The average molecular weight is 740 g/mol. The first-order valence-corrected chi connectivity index (χ1v) is 17.2. The van der Waals surface area contributed by atoms with Crippen LogP contribution in [0.15, 0.2) is 54.6 Å². The number of hydrogen-bond acceptors (Lipinski definition) is 8. The molecule has 2 aliphatic rings. The van der Waals surface area contributed by atoms with Crippen LogP contribution in [0.5, 0.6) is 23.0 Å². The van der Waals surface area contributed by atoms with Gasteiger partial charge < -0.3 is 40.4 Å². The maximum absolute atomic E-state index is 14.9. The SMILES string of the molecule is COc1ccc(C(=O)N2CC(=O)NCCCc3ccc(F)c(c3)C(=O)N3CCC[C@H]3C(=O)N[C@H](C(C)C)C2)cc1Oc1cccc(OC)c1CN.Cl. The Morgan fingerprint density at radius 2 is 1.73 bits per heavy atom. The molecular formula is C38H47ClFN5O7. The predicted molar refractivity (Wildman–Crippen MR) is 196 cm³/mol. The molecule has 2 aliphatic heterocycles. The number of carbonyl (C=O) groups is 4. The summed E-state index contributed by atoms with van der Waals surface area (Å²) in [7, 11) is 3.02. The van der Waals surface area contributed by atoms with Crippen LogP contribution in [0.25, 0.3) is 0 Å². The molecule has 2 heterocycles. The molecule has 0 saturated carbocycles. The molecule has 14 heteroatoms. The lowest BCUT2D eigenvalue weighted by molar-refractivity contribution is -0.126. The Labute approximate surface area is 309 Å². The van der Waals surface area contributed by atoms with Crippen LogP contribution in [0, 0.1) is 11.7 Å². The lowest BCUT2D eigenvalue weighted by Crippen LogP contribution is -2.54. The summed E-state index contributed by atoms with van der Waals surface area (Å²) < 4.78 is 32.1. The van der Waals surface area contributed by atoms with Gasteiger partial charge >= 0.3 is 0 Å². The lowest BCUT2D eigenvalue weighted by atomic mass is 10.0. The van der Waals surface area contributed by atoms with E-state index in [1.807, 2.05) is 13.8 Å². The number of rotatable bonds is 7. The molecule has 4 amide bonds. The highest BCUT2D eigenvalue weighted by molar-refractivity contribution is 5.99. The Balaban J connectivity index is 0.00000605. The van der Waals surface area contributed by atoms with E-state index in [1.165, 1.54) is 36.2 Å². The van der Waals surface area contributed by atoms with Crippen LogP contribution in [0.3, 0.4) is 0 Å². The van der Waals surface area contributed by atoms with Gasteiger partial charge in [0.1, 0.15) is 23.4 Å². The molecule has 0 aromatic heterocycles. The number of methoxy groups -OCH3 is 2. The Hall–Kier alpha value is -4.88. The fraction of sp³-hybridized carbons (Fsp3) is 0.421. The van der Waals surface area contributed by atoms with Gasteiger partial charge in [-0.05, 0) is 79.6 Å². The van der Waals surface area contributed by atoms with Crippen LogP contribution in [-0.2, 0) is 22.6 Å². The molecule has 5 rings (SSSR count). The maximum atomic E-state index is 14.9. The number of nitrogens with two attached hydrogens (primary N) is 1. The van der Waals surface area contributed by atoms with E-state index in [0.717, 1.165) is 5.56 Å². The van der Waals surface area contributed by atoms with Crippen molar-refractivity contribution in [1.29, 1.82) is 0 Å². The van der Waals surface area contributed by atoms with Crippen molar-refractivity contribution in [2.75, 3.05) is 40.4 Å². The van der Waals surface area contributed by atoms with E-state index < -0.39 is 35.6 Å². The van der Waals surface area contributed by atoms with Crippen LogP contribution < -0.4 is 30.6 Å². The van der Waals surface area contributed by atoms with Gasteiger partial charge in [0, 0.05) is 37.8 Å². The summed E-state index contributed by atoms with van der Waals surface area (Å²) in [6.07, 6.45) is 2.01. The molecule has 3 aromatic carbocycles. The van der Waals surface area contributed by atoms with E-state index >= 15 is 0 Å². The molecular weight excluding hydrogens is 693 g/mol. The Bertz CT molecular complexity index is 1770. The third-order valence-corrected chi connectivity index (χ3v) is 9.36. The minimum atomic E-state index is -0.804. The fourth-order valence-corrected chi connectivity index (χ4v) is 6.46. The summed E-state index contributed by atoms with van der Waals surface area (Å²) in [5.74, 6) is -0.996. The first kappa shape index (κ1) is 39.9. The second kappa shape index (κ2) is 18.1. The standard InChI is InChI=1S/C38H46FN5O7.ClH/c1-23(2)29-21-43(37(47)25-13-15-33(50-4)34(19-25)51-32-11-5-10-31(49-3)27(32)20-40)22-35(45)41-16-6-8-24-12-14-28(39)26(18-24)38(48)44-17-7-9-30(44)36(46)42-29;/h5,10-15,18-19,23,29-30H,6-9,16-17,20-22,40H2,1-4H3,(H,41,45)(H,42,46);1H/t29-,30-;/m0./s1. The number of ether oxygens (including phenoxy) is 3. The monoisotopic (exact) mass is 739 g/mol. The maximum Gasteiger partial charge on any atom is 0.257 e. The normalized spacial score (nSPS) is 18.5. The van der Waals surface area contributed by atoms with Crippen LogP contribution in [0.2, 0.25) is 0 Å². The molecule has 2 atom stereocenters. The van der Waals surface area contributed by atoms with Crippen molar-refractivity contribution in [2.45, 2.75) is 58.2 Å². The molecule has 0 aliphatic carbocycles. The van der Waals surface area contributed by atoms with Crippen molar-refractivity contribution >= 4 is 36.0 Å². The molecule has 1 saturated heterocycles. The van der Waals surface area contributed by atoms with Crippen molar-refractivity contribution in [2.24, 2.45) is 11.7 Å². The number of fused-ring (bicyclic) bond motifs is 3.